The summed E-state index contributed by atoms with van der Waals surface area (Å²) in [5, 5.41) is 11.0. The maximum Gasteiger partial charge on any atom is 0.334 e. The molecule has 0 aromatic rings. The Balaban J connectivity index is 2.42. The number of ketones is 1. The zero-order chi connectivity index (χ0) is 19.6. The summed E-state index contributed by atoms with van der Waals surface area (Å²) in [6.45, 7) is 10.6. The monoisotopic (exact) mass is 362 g/mol. The van der Waals surface area contributed by atoms with Crippen LogP contribution in [0.1, 0.15) is 40.5 Å². The quantitative estimate of drug-likeness (QED) is 0.599. The van der Waals surface area contributed by atoms with Gasteiger partial charge in [-0.2, -0.15) is 0 Å². The minimum absolute atomic E-state index is 0.118. The number of hydrogen-bond acceptors (Lipinski definition) is 6. The Hall–Kier alpha value is -2.21. The fraction of sp³-hybridized carbons (Fsp3) is 0.550. The van der Waals surface area contributed by atoms with E-state index in [2.05, 4.69) is 6.58 Å². The summed E-state index contributed by atoms with van der Waals surface area (Å²) < 4.78 is 10.9. The topological polar surface area (TPSA) is 89.9 Å². The molecule has 1 N–H and O–H groups in total. The lowest BCUT2D eigenvalue weighted by atomic mass is 9.80. The normalized spacial score (nSPS) is 35.3. The molecule has 0 saturated carbocycles. The predicted molar refractivity (Wildman–Crippen MR) is 95.0 cm³/mol. The molecule has 1 fully saturated rings. The maximum absolute atomic E-state index is 12.2. The molecule has 0 aromatic carbocycles. The number of hydrogen-bond donors (Lipinski definition) is 1. The summed E-state index contributed by atoms with van der Waals surface area (Å²) in [4.78, 5) is 36.5. The van der Waals surface area contributed by atoms with Gasteiger partial charge in [-0.1, -0.05) is 25.2 Å². The number of fused-ring (bicyclic) bond motifs is 1. The molecule has 2 aliphatic rings. The molecule has 1 saturated heterocycles. The Morgan fingerprint density at radius 2 is 2.04 bits per heavy atom. The van der Waals surface area contributed by atoms with E-state index in [9.17, 15) is 19.5 Å². The van der Waals surface area contributed by atoms with Gasteiger partial charge in [-0.3, -0.25) is 4.79 Å². The molecular weight excluding hydrogens is 336 g/mol. The average molecular weight is 362 g/mol. The first-order valence-electron chi connectivity index (χ1n) is 8.77. The highest BCUT2D eigenvalue weighted by Gasteiger charge is 2.48. The molecule has 1 heterocycles. The second-order valence-electron chi connectivity index (χ2n) is 7.17. The summed E-state index contributed by atoms with van der Waals surface area (Å²) in [5.41, 5.74) is 1.34. The molecule has 26 heavy (non-hydrogen) atoms. The van der Waals surface area contributed by atoms with E-state index in [1.807, 2.05) is 0 Å². The van der Waals surface area contributed by atoms with Crippen molar-refractivity contribution in [2.45, 2.75) is 58.8 Å². The van der Waals surface area contributed by atoms with Crippen LogP contribution >= 0.6 is 0 Å². The zero-order valence-corrected chi connectivity index (χ0v) is 15.7. The van der Waals surface area contributed by atoms with Gasteiger partial charge < -0.3 is 14.6 Å². The lowest BCUT2D eigenvalue weighted by molar-refractivity contribution is -0.159. The van der Waals surface area contributed by atoms with Crippen LogP contribution in [0.15, 0.2) is 35.5 Å². The molecule has 0 amide bonds. The van der Waals surface area contributed by atoms with Crippen molar-refractivity contribution in [2.75, 3.05) is 0 Å². The third kappa shape index (κ3) is 4.12. The number of rotatable bonds is 2. The first kappa shape index (κ1) is 20.1. The first-order valence-corrected chi connectivity index (χ1v) is 8.77. The lowest BCUT2D eigenvalue weighted by Crippen LogP contribution is -2.45. The maximum atomic E-state index is 12.2. The summed E-state index contributed by atoms with van der Waals surface area (Å²) in [7, 11) is 0. The molecule has 5 unspecified atom stereocenters. The third-order valence-corrected chi connectivity index (χ3v) is 5.04. The zero-order valence-electron chi connectivity index (χ0n) is 15.7. The fourth-order valence-corrected chi connectivity index (χ4v) is 3.45. The van der Waals surface area contributed by atoms with E-state index in [1.54, 1.807) is 33.8 Å². The Morgan fingerprint density at radius 3 is 2.65 bits per heavy atom. The standard InChI is InChI=1S/C20H26O6/c1-6-11(3)19(23)26-18-12(4)9-14(21)7-10(2)8-15-16(17(18)22)13(5)20(24)25-15/h6-7,12,15-18,22H,5,8-9H2,1-4H3/b10-7+,11-6+. The number of aliphatic hydroxyl groups excluding tert-OH is 1. The van der Waals surface area contributed by atoms with Gasteiger partial charge in [-0.15, -0.1) is 0 Å². The Kier molecular flexibility index (Phi) is 6.18. The molecular formula is C20H26O6. The molecule has 5 atom stereocenters. The molecule has 142 valence electrons. The minimum atomic E-state index is -1.19. The highest BCUT2D eigenvalue weighted by molar-refractivity contribution is 5.92. The predicted octanol–water partition coefficient (Wildman–Crippen LogP) is 2.27. The Labute approximate surface area is 153 Å². The van der Waals surface area contributed by atoms with Crippen molar-refractivity contribution >= 4 is 17.7 Å². The molecule has 0 spiro atoms. The van der Waals surface area contributed by atoms with Crippen molar-refractivity contribution in [1.29, 1.82) is 0 Å². The summed E-state index contributed by atoms with van der Waals surface area (Å²) in [6, 6.07) is 0. The van der Waals surface area contributed by atoms with Gasteiger partial charge >= 0.3 is 11.9 Å². The summed E-state index contributed by atoms with van der Waals surface area (Å²) in [6.07, 6.45) is 0.800. The molecule has 0 aromatic heterocycles. The van der Waals surface area contributed by atoms with Crippen LogP contribution in [0.3, 0.4) is 0 Å². The van der Waals surface area contributed by atoms with Crippen molar-refractivity contribution in [1.82, 2.24) is 0 Å². The van der Waals surface area contributed by atoms with Gasteiger partial charge in [0, 0.05) is 29.9 Å². The van der Waals surface area contributed by atoms with Gasteiger partial charge in [0.2, 0.25) is 0 Å². The van der Waals surface area contributed by atoms with Crippen LogP contribution in [-0.4, -0.2) is 41.1 Å². The van der Waals surface area contributed by atoms with Crippen LogP contribution < -0.4 is 0 Å². The van der Waals surface area contributed by atoms with Crippen LogP contribution in [0, 0.1) is 11.8 Å². The molecule has 1 aliphatic carbocycles. The Bertz CT molecular complexity index is 686. The molecule has 6 nitrogen and oxygen atoms in total. The van der Waals surface area contributed by atoms with E-state index in [0.29, 0.717) is 12.0 Å². The van der Waals surface area contributed by atoms with Crippen LogP contribution in [0.2, 0.25) is 0 Å². The van der Waals surface area contributed by atoms with E-state index in [4.69, 9.17) is 9.47 Å². The van der Waals surface area contributed by atoms with Gasteiger partial charge in [0.25, 0.3) is 0 Å². The molecule has 0 bridgehead atoms. The second-order valence-corrected chi connectivity index (χ2v) is 7.17. The Morgan fingerprint density at radius 1 is 1.38 bits per heavy atom. The SMILES string of the molecule is C=C1C(=O)OC2C/C(C)=C/C(=O)CC(C)C(OC(=O)/C(C)=C/C)C(O)C12. The van der Waals surface area contributed by atoms with E-state index < -0.39 is 42.1 Å². The number of carbonyl (C=O) groups is 3. The van der Waals surface area contributed by atoms with E-state index in [-0.39, 0.29) is 17.8 Å². The van der Waals surface area contributed by atoms with Crippen molar-refractivity contribution < 1.29 is 29.0 Å². The number of esters is 2. The highest BCUT2D eigenvalue weighted by atomic mass is 16.6. The first-order chi connectivity index (χ1) is 12.1. The van der Waals surface area contributed by atoms with Crippen molar-refractivity contribution in [2.24, 2.45) is 11.8 Å². The van der Waals surface area contributed by atoms with Crippen LogP contribution in [-0.2, 0) is 23.9 Å². The van der Waals surface area contributed by atoms with Crippen LogP contribution in [0.5, 0.6) is 0 Å². The number of carbonyl (C=O) groups excluding carboxylic acids is 3. The number of allylic oxidation sites excluding steroid dienone is 2. The van der Waals surface area contributed by atoms with E-state index >= 15 is 0 Å². The van der Waals surface area contributed by atoms with Gasteiger partial charge in [0.15, 0.2) is 5.78 Å². The lowest BCUT2D eigenvalue weighted by Gasteiger charge is -2.33. The number of ether oxygens (including phenoxy) is 2. The van der Waals surface area contributed by atoms with Gasteiger partial charge in [-0.05, 0) is 26.8 Å². The van der Waals surface area contributed by atoms with Gasteiger partial charge in [0.1, 0.15) is 18.3 Å². The molecule has 1 aliphatic heterocycles. The second kappa shape index (κ2) is 7.99. The minimum Gasteiger partial charge on any atom is -0.458 e. The number of aliphatic hydroxyl groups is 1. The molecule has 0 radical (unpaired) electrons. The highest BCUT2D eigenvalue weighted by Crippen LogP contribution is 2.37. The fourth-order valence-electron chi connectivity index (χ4n) is 3.45. The van der Waals surface area contributed by atoms with Crippen molar-refractivity contribution in [3.8, 4) is 0 Å². The average Bonchev–Trinajstić information content (AvgIpc) is 2.83. The van der Waals surface area contributed by atoms with Gasteiger partial charge in [0.05, 0.1) is 5.92 Å². The van der Waals surface area contributed by atoms with E-state index in [1.165, 1.54) is 6.08 Å². The largest absolute Gasteiger partial charge is 0.458 e. The third-order valence-electron chi connectivity index (χ3n) is 5.04. The summed E-state index contributed by atoms with van der Waals surface area (Å²) in [5.74, 6) is -2.37. The smallest absolute Gasteiger partial charge is 0.334 e. The molecule has 2 rings (SSSR count). The van der Waals surface area contributed by atoms with Crippen molar-refractivity contribution in [3.05, 3.63) is 35.5 Å². The van der Waals surface area contributed by atoms with Crippen LogP contribution in [0.25, 0.3) is 0 Å². The van der Waals surface area contributed by atoms with Crippen molar-refractivity contribution in [3.63, 3.8) is 0 Å². The van der Waals surface area contributed by atoms with E-state index in [0.717, 1.165) is 5.57 Å². The van der Waals surface area contributed by atoms with Gasteiger partial charge in [-0.25, -0.2) is 9.59 Å². The molecule has 6 heteroatoms. The summed E-state index contributed by atoms with van der Waals surface area (Å²) >= 11 is 0. The van der Waals surface area contributed by atoms with Crippen LogP contribution in [0.4, 0.5) is 0 Å².